The van der Waals surface area contributed by atoms with Crippen LogP contribution in [0.3, 0.4) is 0 Å². The Bertz CT molecular complexity index is 897. The van der Waals surface area contributed by atoms with E-state index in [0.29, 0.717) is 11.3 Å². The third kappa shape index (κ3) is 3.15. The zero-order chi connectivity index (χ0) is 16.9. The summed E-state index contributed by atoms with van der Waals surface area (Å²) < 4.78 is 7.38. The van der Waals surface area contributed by atoms with E-state index >= 15 is 0 Å². The Morgan fingerprint density at radius 2 is 1.96 bits per heavy atom. The van der Waals surface area contributed by atoms with Crippen LogP contribution in [0.2, 0.25) is 0 Å². The first-order valence-electron chi connectivity index (χ1n) is 7.78. The summed E-state index contributed by atoms with van der Waals surface area (Å²) in [6, 6.07) is 15.4. The number of hydrogen-bond donors (Lipinski definition) is 1. The van der Waals surface area contributed by atoms with Gasteiger partial charge in [-0.25, -0.2) is 5.43 Å². The van der Waals surface area contributed by atoms with E-state index in [1.807, 2.05) is 59.3 Å². The lowest BCUT2D eigenvalue weighted by molar-refractivity contribution is 0.0952. The summed E-state index contributed by atoms with van der Waals surface area (Å²) in [5.74, 6) is 0.224. The van der Waals surface area contributed by atoms with Crippen LogP contribution in [0.4, 0.5) is 0 Å². The third-order valence-electron chi connectivity index (χ3n) is 3.88. The summed E-state index contributed by atoms with van der Waals surface area (Å²) in [6.45, 7) is 2.90. The minimum absolute atomic E-state index is 0.302. The number of benzene rings is 2. The minimum atomic E-state index is -0.302. The predicted octanol–water partition coefficient (Wildman–Crippen LogP) is 3.43. The second kappa shape index (κ2) is 7.00. The first kappa shape index (κ1) is 15.8. The molecule has 3 rings (SSSR count). The third-order valence-corrected chi connectivity index (χ3v) is 3.88. The maximum Gasteiger partial charge on any atom is 0.275 e. The Balaban J connectivity index is 1.83. The molecule has 2 aromatic carbocycles. The van der Waals surface area contributed by atoms with Crippen molar-refractivity contribution in [3.05, 3.63) is 66.0 Å². The van der Waals surface area contributed by atoms with Crippen molar-refractivity contribution in [3.63, 3.8) is 0 Å². The number of aromatic nitrogens is 1. The molecule has 0 spiro atoms. The molecule has 0 atom stereocenters. The lowest BCUT2D eigenvalue weighted by Crippen LogP contribution is -2.18. The highest BCUT2D eigenvalue weighted by Crippen LogP contribution is 2.25. The molecule has 5 nitrogen and oxygen atoms in total. The number of hydrogen-bond acceptors (Lipinski definition) is 3. The van der Waals surface area contributed by atoms with E-state index in [1.165, 1.54) is 0 Å². The molecular formula is C19H19N3O2. The molecular weight excluding hydrogens is 302 g/mol. The molecule has 0 saturated heterocycles. The van der Waals surface area contributed by atoms with Crippen LogP contribution in [0, 0.1) is 0 Å². The molecule has 24 heavy (non-hydrogen) atoms. The Labute approximate surface area is 140 Å². The van der Waals surface area contributed by atoms with E-state index in [4.69, 9.17) is 4.74 Å². The summed E-state index contributed by atoms with van der Waals surface area (Å²) in [4.78, 5) is 12.4. The van der Waals surface area contributed by atoms with Gasteiger partial charge in [-0.15, -0.1) is 0 Å². The Morgan fingerprint density at radius 1 is 1.21 bits per heavy atom. The topological polar surface area (TPSA) is 55.6 Å². The highest BCUT2D eigenvalue weighted by Gasteiger charge is 2.13. The zero-order valence-electron chi connectivity index (χ0n) is 13.7. The Kier molecular flexibility index (Phi) is 4.61. The van der Waals surface area contributed by atoms with Crippen molar-refractivity contribution in [2.24, 2.45) is 5.10 Å². The van der Waals surface area contributed by atoms with Crippen molar-refractivity contribution in [2.45, 2.75) is 13.5 Å². The minimum Gasteiger partial charge on any atom is -0.496 e. The molecule has 0 saturated carbocycles. The number of fused-ring (bicyclic) bond motifs is 1. The fourth-order valence-electron chi connectivity index (χ4n) is 2.62. The summed E-state index contributed by atoms with van der Waals surface area (Å²) in [6.07, 6.45) is 3.60. The zero-order valence-corrected chi connectivity index (χ0v) is 13.7. The summed E-state index contributed by atoms with van der Waals surface area (Å²) in [5.41, 5.74) is 3.96. The number of ether oxygens (including phenoxy) is 1. The van der Waals surface area contributed by atoms with E-state index in [1.54, 1.807) is 13.3 Å². The van der Waals surface area contributed by atoms with Gasteiger partial charge >= 0.3 is 0 Å². The van der Waals surface area contributed by atoms with Crippen LogP contribution in [0.15, 0.2) is 59.8 Å². The Morgan fingerprint density at radius 3 is 2.67 bits per heavy atom. The second-order valence-corrected chi connectivity index (χ2v) is 5.32. The number of nitrogens with zero attached hydrogens (tertiary/aromatic N) is 2. The van der Waals surface area contributed by atoms with Gasteiger partial charge in [-0.2, -0.15) is 5.10 Å². The van der Waals surface area contributed by atoms with E-state index < -0.39 is 0 Å². The lowest BCUT2D eigenvalue weighted by atomic mass is 10.1. The molecule has 1 amide bonds. The van der Waals surface area contributed by atoms with E-state index in [2.05, 4.69) is 17.5 Å². The molecule has 1 heterocycles. The predicted molar refractivity (Wildman–Crippen MR) is 95.7 cm³/mol. The van der Waals surface area contributed by atoms with Crippen LogP contribution < -0.4 is 10.2 Å². The largest absolute Gasteiger partial charge is 0.496 e. The van der Waals surface area contributed by atoms with Crippen LogP contribution in [0.25, 0.3) is 10.8 Å². The number of aryl methyl sites for hydroxylation is 1. The van der Waals surface area contributed by atoms with Crippen LogP contribution in [0.1, 0.15) is 23.0 Å². The number of methoxy groups -OCH3 is 1. The monoisotopic (exact) mass is 321 g/mol. The van der Waals surface area contributed by atoms with Crippen LogP contribution in [0.5, 0.6) is 5.75 Å². The molecule has 122 valence electrons. The Hall–Kier alpha value is -3.08. The summed E-state index contributed by atoms with van der Waals surface area (Å²) in [5, 5.41) is 6.06. The fraction of sp³-hybridized carbons (Fsp3) is 0.158. The van der Waals surface area contributed by atoms with E-state index in [0.717, 1.165) is 23.0 Å². The van der Waals surface area contributed by atoms with Gasteiger partial charge in [0.05, 0.1) is 24.6 Å². The van der Waals surface area contributed by atoms with Gasteiger partial charge in [0.2, 0.25) is 0 Å². The SMILES string of the molecule is CCn1cccc1C=NNC(=O)c1cc2ccccc2cc1OC. The van der Waals surface area contributed by atoms with Crippen molar-refractivity contribution < 1.29 is 9.53 Å². The molecule has 0 aliphatic heterocycles. The molecule has 1 N–H and O–H groups in total. The van der Waals surface area contributed by atoms with Gasteiger partial charge in [0.15, 0.2) is 0 Å². The molecule has 0 unspecified atom stereocenters. The van der Waals surface area contributed by atoms with Crippen LogP contribution in [-0.2, 0) is 6.54 Å². The van der Waals surface area contributed by atoms with Gasteiger partial charge in [-0.3, -0.25) is 4.79 Å². The quantitative estimate of drug-likeness (QED) is 0.578. The lowest BCUT2D eigenvalue weighted by Gasteiger charge is -2.09. The molecule has 0 radical (unpaired) electrons. The van der Waals surface area contributed by atoms with Crippen molar-refractivity contribution in [2.75, 3.05) is 7.11 Å². The summed E-state index contributed by atoms with van der Waals surface area (Å²) >= 11 is 0. The number of carbonyl (C=O) groups excluding carboxylic acids is 1. The van der Waals surface area contributed by atoms with Crippen molar-refractivity contribution in [1.29, 1.82) is 0 Å². The van der Waals surface area contributed by atoms with E-state index in [-0.39, 0.29) is 5.91 Å². The van der Waals surface area contributed by atoms with E-state index in [9.17, 15) is 4.79 Å². The number of rotatable bonds is 5. The average molecular weight is 321 g/mol. The van der Waals surface area contributed by atoms with Gasteiger partial charge in [0.25, 0.3) is 5.91 Å². The van der Waals surface area contributed by atoms with Gasteiger partial charge in [0, 0.05) is 12.7 Å². The number of amides is 1. The van der Waals surface area contributed by atoms with Gasteiger partial charge < -0.3 is 9.30 Å². The fourth-order valence-corrected chi connectivity index (χ4v) is 2.62. The van der Waals surface area contributed by atoms with Crippen molar-refractivity contribution in [3.8, 4) is 5.75 Å². The summed E-state index contributed by atoms with van der Waals surface area (Å²) in [7, 11) is 1.55. The highest BCUT2D eigenvalue weighted by molar-refractivity contribution is 6.01. The van der Waals surface area contributed by atoms with Gasteiger partial charge in [-0.1, -0.05) is 24.3 Å². The maximum atomic E-state index is 12.4. The number of nitrogens with one attached hydrogen (secondary N) is 1. The number of carbonyl (C=O) groups is 1. The van der Waals surface area contributed by atoms with Crippen LogP contribution in [-0.4, -0.2) is 23.8 Å². The number of hydrazone groups is 1. The highest BCUT2D eigenvalue weighted by atomic mass is 16.5. The van der Waals surface area contributed by atoms with Crippen molar-refractivity contribution in [1.82, 2.24) is 9.99 Å². The van der Waals surface area contributed by atoms with Crippen LogP contribution >= 0.6 is 0 Å². The molecule has 0 bridgehead atoms. The van der Waals surface area contributed by atoms with Crippen molar-refractivity contribution >= 4 is 22.9 Å². The second-order valence-electron chi connectivity index (χ2n) is 5.32. The molecule has 0 aliphatic carbocycles. The standard InChI is InChI=1S/C19H19N3O2/c1-3-22-10-6-9-16(22)13-20-21-19(23)17-11-14-7-4-5-8-15(14)12-18(17)24-2/h4-13H,3H2,1-2H3,(H,21,23). The first-order chi connectivity index (χ1) is 11.7. The molecule has 0 fully saturated rings. The maximum absolute atomic E-state index is 12.4. The average Bonchev–Trinajstić information content (AvgIpc) is 3.08. The normalized spacial score (nSPS) is 11.1. The molecule has 0 aliphatic rings. The first-order valence-corrected chi connectivity index (χ1v) is 7.78. The van der Waals surface area contributed by atoms with Gasteiger partial charge in [-0.05, 0) is 42.0 Å². The smallest absolute Gasteiger partial charge is 0.275 e. The molecule has 5 heteroatoms. The molecule has 3 aromatic rings. The van der Waals surface area contributed by atoms with Gasteiger partial charge in [0.1, 0.15) is 5.75 Å². The molecule has 1 aromatic heterocycles.